The van der Waals surface area contributed by atoms with E-state index in [0.29, 0.717) is 23.0 Å². The molecule has 0 aliphatic rings. The molecule has 6 heteroatoms. The molecule has 4 rings (SSSR count). The molecular weight excluding hydrogens is 340 g/mol. The number of anilines is 3. The fraction of sp³-hybridized carbons (Fsp3) is 0.0476. The summed E-state index contributed by atoms with van der Waals surface area (Å²) in [5, 5.41) is 5.48. The zero-order valence-corrected chi connectivity index (χ0v) is 14.7. The van der Waals surface area contributed by atoms with Gasteiger partial charge in [0, 0.05) is 11.1 Å². The zero-order valence-electron chi connectivity index (χ0n) is 14.7. The third kappa shape index (κ3) is 3.32. The summed E-state index contributed by atoms with van der Waals surface area (Å²) >= 11 is 0. The summed E-state index contributed by atoms with van der Waals surface area (Å²) in [6.45, 7) is 0. The summed E-state index contributed by atoms with van der Waals surface area (Å²) in [7, 11) is 1.58. The van der Waals surface area contributed by atoms with Gasteiger partial charge < -0.3 is 20.5 Å². The Hall–Kier alpha value is -3.80. The Morgan fingerprint density at radius 3 is 2.44 bits per heavy atom. The largest absolute Gasteiger partial charge is 0.493 e. The molecule has 0 aliphatic heterocycles. The van der Waals surface area contributed by atoms with Crippen molar-refractivity contribution < 1.29 is 9.47 Å². The molecule has 0 spiro atoms. The molecule has 3 aromatic carbocycles. The number of nitrogens with zero attached hydrogens (tertiary/aromatic N) is 2. The van der Waals surface area contributed by atoms with Crippen molar-refractivity contribution in [1.82, 2.24) is 9.97 Å². The third-order valence-electron chi connectivity index (χ3n) is 4.17. The van der Waals surface area contributed by atoms with Crippen LogP contribution in [0.1, 0.15) is 0 Å². The fourth-order valence-electron chi connectivity index (χ4n) is 2.83. The monoisotopic (exact) mass is 358 g/mol. The van der Waals surface area contributed by atoms with E-state index < -0.39 is 0 Å². The number of hydrogen-bond donors (Lipinski definition) is 2. The number of fused-ring (bicyclic) bond motifs is 1. The quantitative estimate of drug-likeness (QED) is 0.535. The molecule has 27 heavy (non-hydrogen) atoms. The van der Waals surface area contributed by atoms with Crippen LogP contribution in [-0.2, 0) is 0 Å². The van der Waals surface area contributed by atoms with E-state index in [0.717, 1.165) is 16.5 Å². The van der Waals surface area contributed by atoms with E-state index in [9.17, 15) is 0 Å². The highest BCUT2D eigenvalue weighted by molar-refractivity contribution is 5.96. The van der Waals surface area contributed by atoms with Gasteiger partial charge >= 0.3 is 0 Å². The maximum Gasteiger partial charge on any atom is 0.248 e. The molecule has 0 fully saturated rings. The number of para-hydroxylation sites is 2. The van der Waals surface area contributed by atoms with Crippen LogP contribution in [0.4, 0.5) is 17.2 Å². The Balaban J connectivity index is 1.68. The van der Waals surface area contributed by atoms with Crippen molar-refractivity contribution in [3.63, 3.8) is 0 Å². The number of rotatable bonds is 5. The number of methoxy groups -OCH3 is 1. The fourth-order valence-corrected chi connectivity index (χ4v) is 2.83. The van der Waals surface area contributed by atoms with Crippen LogP contribution in [0.25, 0.3) is 10.8 Å². The van der Waals surface area contributed by atoms with E-state index in [-0.39, 0.29) is 5.88 Å². The van der Waals surface area contributed by atoms with Crippen LogP contribution in [0.2, 0.25) is 0 Å². The Labute approximate surface area is 156 Å². The van der Waals surface area contributed by atoms with Crippen LogP contribution < -0.4 is 20.5 Å². The summed E-state index contributed by atoms with van der Waals surface area (Å²) < 4.78 is 11.2. The van der Waals surface area contributed by atoms with Crippen LogP contribution in [0.3, 0.4) is 0 Å². The summed E-state index contributed by atoms with van der Waals surface area (Å²) in [6.07, 6.45) is 1.41. The summed E-state index contributed by atoms with van der Waals surface area (Å²) in [6, 6.07) is 21.4. The molecule has 0 atom stereocenters. The number of hydrogen-bond acceptors (Lipinski definition) is 6. The third-order valence-corrected chi connectivity index (χ3v) is 4.17. The van der Waals surface area contributed by atoms with Crippen molar-refractivity contribution in [1.29, 1.82) is 0 Å². The molecule has 0 amide bonds. The normalized spacial score (nSPS) is 10.6. The van der Waals surface area contributed by atoms with Gasteiger partial charge in [-0.25, -0.2) is 4.98 Å². The summed E-state index contributed by atoms with van der Waals surface area (Å²) in [5.41, 5.74) is 7.48. The van der Waals surface area contributed by atoms with Gasteiger partial charge in [-0.15, -0.1) is 0 Å². The SMILES string of the molecule is COc1ccccc1Oc1ncnc(Nc2cccc3ccccc23)c1N. The van der Waals surface area contributed by atoms with Crippen molar-refractivity contribution >= 4 is 28.0 Å². The molecule has 0 unspecified atom stereocenters. The first-order valence-corrected chi connectivity index (χ1v) is 8.42. The number of nitrogen functional groups attached to an aromatic ring is 1. The highest BCUT2D eigenvalue weighted by Crippen LogP contribution is 2.36. The zero-order chi connectivity index (χ0) is 18.6. The first kappa shape index (κ1) is 16.7. The Morgan fingerprint density at radius 2 is 1.59 bits per heavy atom. The molecule has 1 aromatic heterocycles. The average molecular weight is 358 g/mol. The number of nitrogens with one attached hydrogen (secondary N) is 1. The Bertz CT molecular complexity index is 1090. The van der Waals surface area contributed by atoms with Gasteiger partial charge in [0.15, 0.2) is 17.3 Å². The van der Waals surface area contributed by atoms with E-state index >= 15 is 0 Å². The molecule has 6 nitrogen and oxygen atoms in total. The van der Waals surface area contributed by atoms with Gasteiger partial charge in [0.1, 0.15) is 12.0 Å². The summed E-state index contributed by atoms with van der Waals surface area (Å²) in [5.74, 6) is 1.86. The number of aromatic nitrogens is 2. The number of ether oxygens (including phenoxy) is 2. The molecule has 0 radical (unpaired) electrons. The molecular formula is C21H18N4O2. The van der Waals surface area contributed by atoms with E-state index in [4.69, 9.17) is 15.2 Å². The van der Waals surface area contributed by atoms with Gasteiger partial charge in [-0.05, 0) is 23.6 Å². The van der Waals surface area contributed by atoms with Crippen molar-refractivity contribution in [3.8, 4) is 17.4 Å². The Kier molecular flexibility index (Phi) is 4.45. The van der Waals surface area contributed by atoms with Crippen LogP contribution in [-0.4, -0.2) is 17.1 Å². The molecule has 0 saturated carbocycles. The van der Waals surface area contributed by atoms with Gasteiger partial charge in [0.2, 0.25) is 5.88 Å². The van der Waals surface area contributed by atoms with Crippen LogP contribution in [0.5, 0.6) is 17.4 Å². The van der Waals surface area contributed by atoms with Crippen LogP contribution in [0, 0.1) is 0 Å². The second kappa shape index (κ2) is 7.21. The maximum absolute atomic E-state index is 6.26. The topological polar surface area (TPSA) is 82.3 Å². The highest BCUT2D eigenvalue weighted by atomic mass is 16.5. The smallest absolute Gasteiger partial charge is 0.248 e. The predicted molar refractivity (Wildman–Crippen MR) is 107 cm³/mol. The van der Waals surface area contributed by atoms with E-state index in [2.05, 4.69) is 27.4 Å². The second-order valence-electron chi connectivity index (χ2n) is 5.85. The molecule has 4 aromatic rings. The molecule has 1 heterocycles. The van der Waals surface area contributed by atoms with Gasteiger partial charge in [-0.3, -0.25) is 0 Å². The molecule has 0 aliphatic carbocycles. The molecule has 134 valence electrons. The highest BCUT2D eigenvalue weighted by Gasteiger charge is 2.13. The van der Waals surface area contributed by atoms with Crippen molar-refractivity contribution in [2.24, 2.45) is 0 Å². The van der Waals surface area contributed by atoms with Crippen LogP contribution >= 0.6 is 0 Å². The number of benzene rings is 3. The average Bonchev–Trinajstić information content (AvgIpc) is 2.71. The first-order chi connectivity index (χ1) is 13.3. The van der Waals surface area contributed by atoms with Crippen LogP contribution in [0.15, 0.2) is 73.1 Å². The van der Waals surface area contributed by atoms with Gasteiger partial charge in [-0.1, -0.05) is 48.5 Å². The lowest BCUT2D eigenvalue weighted by molar-refractivity contribution is 0.374. The minimum atomic E-state index is 0.261. The summed E-state index contributed by atoms with van der Waals surface area (Å²) in [4.78, 5) is 8.43. The van der Waals surface area contributed by atoms with Gasteiger partial charge in [0.25, 0.3) is 0 Å². The lowest BCUT2D eigenvalue weighted by Gasteiger charge is -2.14. The van der Waals surface area contributed by atoms with E-state index in [1.54, 1.807) is 13.2 Å². The predicted octanol–water partition coefficient (Wildman–Crippen LogP) is 4.76. The van der Waals surface area contributed by atoms with Crippen molar-refractivity contribution in [2.75, 3.05) is 18.2 Å². The molecule has 3 N–H and O–H groups in total. The molecule has 0 saturated heterocycles. The van der Waals surface area contributed by atoms with E-state index in [1.165, 1.54) is 6.33 Å². The Morgan fingerprint density at radius 1 is 0.852 bits per heavy atom. The van der Waals surface area contributed by atoms with Crippen molar-refractivity contribution in [2.45, 2.75) is 0 Å². The van der Waals surface area contributed by atoms with E-state index in [1.807, 2.05) is 48.5 Å². The lowest BCUT2D eigenvalue weighted by Crippen LogP contribution is -2.03. The van der Waals surface area contributed by atoms with Gasteiger partial charge in [0.05, 0.1) is 7.11 Å². The second-order valence-corrected chi connectivity index (χ2v) is 5.85. The molecule has 0 bridgehead atoms. The number of nitrogens with two attached hydrogens (primary N) is 1. The first-order valence-electron chi connectivity index (χ1n) is 8.42. The minimum absolute atomic E-state index is 0.261. The minimum Gasteiger partial charge on any atom is -0.493 e. The standard InChI is InChI=1S/C21H18N4O2/c1-26-17-11-4-5-12-18(17)27-21-19(22)20(23-13-24-21)25-16-10-6-8-14-7-2-3-9-15(14)16/h2-13H,22H2,1H3,(H,23,24,25). The lowest BCUT2D eigenvalue weighted by atomic mass is 10.1. The van der Waals surface area contributed by atoms with Gasteiger partial charge in [-0.2, -0.15) is 4.98 Å². The maximum atomic E-state index is 6.26. The van der Waals surface area contributed by atoms with Crippen molar-refractivity contribution in [3.05, 3.63) is 73.1 Å².